The number of anilines is 1. The van der Waals surface area contributed by atoms with E-state index in [1.165, 1.54) is 23.3 Å². The molecule has 244 valence electrons. The molecular weight excluding hydrogens is 682 g/mol. The Morgan fingerprint density at radius 2 is 1.72 bits per heavy atom. The van der Waals surface area contributed by atoms with Crippen molar-refractivity contribution in [1.29, 1.82) is 0 Å². The molecule has 0 spiro atoms. The Labute approximate surface area is 270 Å². The molecule has 7 heterocycles. The topological polar surface area (TPSA) is 218 Å². The highest BCUT2D eigenvalue weighted by atomic mass is 32.7. The van der Waals surface area contributed by atoms with Gasteiger partial charge in [-0.1, -0.05) is 31.4 Å². The zero-order valence-electron chi connectivity index (χ0n) is 24.0. The Bertz CT molecular complexity index is 2080. The molecule has 3 N–H and O–H groups in total. The maximum Gasteiger partial charge on any atom is 0.386 e. The fraction of sp³-hybridized carbons (Fsp3) is 0.500. The molecule has 46 heavy (non-hydrogen) atoms. The molecule has 1 aliphatic carbocycles. The van der Waals surface area contributed by atoms with Gasteiger partial charge in [-0.25, -0.2) is 34.0 Å². The minimum Gasteiger partial charge on any atom is -0.493 e. The van der Waals surface area contributed by atoms with E-state index in [-0.39, 0.29) is 49.4 Å². The molecular formula is C24H28N10O8P2S2. The third-order valence-electron chi connectivity index (χ3n) is 8.88. The van der Waals surface area contributed by atoms with E-state index in [4.69, 9.17) is 28.6 Å². The lowest BCUT2D eigenvalue weighted by Gasteiger charge is -2.45. The summed E-state index contributed by atoms with van der Waals surface area (Å²) in [5.41, 5.74) is 7.51. The lowest BCUT2D eigenvalue weighted by atomic mass is 9.70. The van der Waals surface area contributed by atoms with E-state index >= 15 is 0 Å². The summed E-state index contributed by atoms with van der Waals surface area (Å²) in [7, 11) is 0. The van der Waals surface area contributed by atoms with Crippen LogP contribution >= 0.6 is 38.1 Å². The molecule has 0 radical (unpaired) electrons. The van der Waals surface area contributed by atoms with Gasteiger partial charge >= 0.3 is 13.6 Å². The molecule has 9 atom stereocenters. The van der Waals surface area contributed by atoms with Gasteiger partial charge in [-0.3, -0.25) is 18.0 Å². The number of nitrogens with two attached hydrogens (primary N) is 1. The average Bonchev–Trinajstić information content (AvgIpc) is 3.79. The van der Waals surface area contributed by atoms with Crippen LogP contribution in [0.2, 0.25) is 0 Å². The van der Waals surface area contributed by atoms with Gasteiger partial charge in [0.05, 0.1) is 32.5 Å². The molecule has 22 heteroatoms. The maximum absolute atomic E-state index is 13.6. The standard InChI is InChI=1S/C24H28N10O8P2S2/c1-11-18-15(41-23(11)34-10-29-16-19(25)27-8-28-20(16)34)7-40-43(36,45)39-6-13-12(5-38-44(37,46)42-18)4-14(13)33-9-30-17-21(33)31-24-26-2-3-32(24)22(17)35/h2-3,8-15,18,23,35H,4-7H2,1H3,(H,36,45)(H,37,46)(H2,25,27,28)/t11-,12-,13-,14-,15-,18+,23-,43?,44?/m1/s1. The zero-order valence-corrected chi connectivity index (χ0v) is 27.5. The third-order valence-corrected chi connectivity index (χ3v) is 12.1. The SMILES string of the molecule is C[C@@H]1[C@@H]2OP(=O)(S)OC[C@H]3C[C@@H](n4cnc5c(O)n6ccnc6nc54)[C@@H]3COP(=O)(S)OC[C@H]2O[C@H]1n1cnc2c(N)ncnc21. The molecule has 2 saturated heterocycles. The summed E-state index contributed by atoms with van der Waals surface area (Å²) >= 11 is 8.53. The highest BCUT2D eigenvalue weighted by Crippen LogP contribution is 2.61. The molecule has 1 saturated carbocycles. The van der Waals surface area contributed by atoms with Crippen LogP contribution in [0, 0.1) is 17.8 Å². The smallest absolute Gasteiger partial charge is 0.386 e. The summed E-state index contributed by atoms with van der Waals surface area (Å²) in [4.78, 5) is 25.7. The Morgan fingerprint density at radius 3 is 2.57 bits per heavy atom. The van der Waals surface area contributed by atoms with Crippen LogP contribution in [0.3, 0.4) is 0 Å². The second kappa shape index (κ2) is 11.1. The maximum atomic E-state index is 13.6. The average molecular weight is 711 g/mol. The van der Waals surface area contributed by atoms with Gasteiger partial charge in [-0.15, -0.1) is 0 Å². The molecule has 0 amide bonds. The summed E-state index contributed by atoms with van der Waals surface area (Å²) in [5, 5.41) is 10.7. The van der Waals surface area contributed by atoms with Crippen molar-refractivity contribution in [1.82, 2.24) is 43.4 Å². The first-order valence-corrected chi connectivity index (χ1v) is 19.6. The molecule has 0 aromatic carbocycles. The van der Waals surface area contributed by atoms with Gasteiger partial charge in [0.25, 0.3) is 0 Å². The summed E-state index contributed by atoms with van der Waals surface area (Å²) in [5.74, 6) is -0.531. The molecule has 5 aromatic heterocycles. The largest absolute Gasteiger partial charge is 0.493 e. The van der Waals surface area contributed by atoms with Gasteiger partial charge < -0.3 is 29.2 Å². The van der Waals surface area contributed by atoms with Crippen molar-refractivity contribution in [3.8, 4) is 5.88 Å². The van der Waals surface area contributed by atoms with Gasteiger partial charge in [-0.2, -0.15) is 4.98 Å². The summed E-state index contributed by atoms with van der Waals surface area (Å²) in [6.07, 6.45) is 5.63. The van der Waals surface area contributed by atoms with Crippen molar-refractivity contribution >= 4 is 72.0 Å². The minimum absolute atomic E-state index is 0.0112. The summed E-state index contributed by atoms with van der Waals surface area (Å²) in [6, 6.07) is -0.243. The lowest BCUT2D eigenvalue weighted by molar-refractivity contribution is -0.0388. The lowest BCUT2D eigenvalue weighted by Crippen LogP contribution is -2.43. The number of rotatable bonds is 2. The number of fused-ring (bicyclic) bond motifs is 5. The fourth-order valence-electron chi connectivity index (χ4n) is 6.47. The predicted octanol–water partition coefficient (Wildman–Crippen LogP) is 3.44. The molecule has 2 unspecified atom stereocenters. The van der Waals surface area contributed by atoms with Crippen LogP contribution in [0.25, 0.3) is 28.1 Å². The van der Waals surface area contributed by atoms with Crippen LogP contribution in [0.4, 0.5) is 5.82 Å². The number of aromatic nitrogens is 9. The summed E-state index contributed by atoms with van der Waals surface area (Å²) < 4.78 is 61.6. The van der Waals surface area contributed by atoms with Crippen LogP contribution in [0.5, 0.6) is 5.88 Å². The highest BCUT2D eigenvalue weighted by Gasteiger charge is 2.50. The third kappa shape index (κ3) is 5.11. The Kier molecular flexibility index (Phi) is 7.39. The molecule has 0 bridgehead atoms. The second-order valence-corrected chi connectivity index (χ2v) is 17.3. The molecule has 18 nitrogen and oxygen atoms in total. The van der Waals surface area contributed by atoms with E-state index in [9.17, 15) is 14.2 Å². The quantitative estimate of drug-likeness (QED) is 0.152. The normalized spacial score (nSPS) is 35.7. The molecule has 2 aliphatic heterocycles. The molecule has 8 rings (SSSR count). The van der Waals surface area contributed by atoms with Crippen LogP contribution in [-0.4, -0.2) is 80.6 Å². The van der Waals surface area contributed by atoms with Crippen LogP contribution in [0.15, 0.2) is 31.4 Å². The van der Waals surface area contributed by atoms with Crippen molar-refractivity contribution in [3.63, 3.8) is 0 Å². The number of ether oxygens (including phenoxy) is 1. The van der Waals surface area contributed by atoms with Crippen LogP contribution < -0.4 is 5.73 Å². The molecule has 3 aliphatic rings. The molecule has 5 aromatic rings. The second-order valence-electron chi connectivity index (χ2n) is 11.5. The van der Waals surface area contributed by atoms with Crippen molar-refractivity contribution in [2.75, 3.05) is 25.6 Å². The first-order chi connectivity index (χ1) is 22.0. The van der Waals surface area contributed by atoms with E-state index in [0.717, 1.165) is 0 Å². The van der Waals surface area contributed by atoms with Gasteiger partial charge in [0.15, 0.2) is 22.6 Å². The van der Waals surface area contributed by atoms with Gasteiger partial charge in [0, 0.05) is 30.3 Å². The predicted molar refractivity (Wildman–Crippen MR) is 167 cm³/mol. The van der Waals surface area contributed by atoms with Gasteiger partial charge in [0.1, 0.15) is 30.3 Å². The number of nitrogens with zero attached hydrogens (tertiary/aromatic N) is 9. The Balaban J connectivity index is 1.06. The Hall–Kier alpha value is -2.80. The number of nitrogen functional groups attached to an aromatic ring is 1. The molecule has 3 fully saturated rings. The van der Waals surface area contributed by atoms with Crippen molar-refractivity contribution in [2.24, 2.45) is 17.8 Å². The first-order valence-electron chi connectivity index (χ1n) is 14.2. The van der Waals surface area contributed by atoms with E-state index in [1.54, 1.807) is 17.1 Å². The van der Waals surface area contributed by atoms with E-state index in [0.29, 0.717) is 34.5 Å². The number of thiol groups is 2. The number of hydrogen-bond donors (Lipinski definition) is 4. The number of imidazole rings is 3. The summed E-state index contributed by atoms with van der Waals surface area (Å²) in [6.45, 7) is -6.32. The first kappa shape index (κ1) is 30.5. The minimum atomic E-state index is -3.94. The van der Waals surface area contributed by atoms with E-state index in [1.807, 2.05) is 11.5 Å². The van der Waals surface area contributed by atoms with Gasteiger partial charge in [0.2, 0.25) is 11.7 Å². The Morgan fingerprint density at radius 1 is 0.957 bits per heavy atom. The van der Waals surface area contributed by atoms with Crippen molar-refractivity contribution < 1.29 is 37.1 Å². The van der Waals surface area contributed by atoms with Gasteiger partial charge in [-0.05, 0) is 12.3 Å². The van der Waals surface area contributed by atoms with Crippen molar-refractivity contribution in [3.05, 3.63) is 31.4 Å². The highest BCUT2D eigenvalue weighted by molar-refractivity contribution is 8.44. The van der Waals surface area contributed by atoms with Crippen LogP contribution in [-0.2, 0) is 32.0 Å². The fourth-order valence-corrected chi connectivity index (χ4v) is 9.24. The zero-order chi connectivity index (χ0) is 32.0. The number of hydrogen-bond acceptors (Lipinski definition) is 15. The van der Waals surface area contributed by atoms with Crippen LogP contribution in [0.1, 0.15) is 25.6 Å². The number of aromatic hydroxyl groups is 1. The van der Waals surface area contributed by atoms with E-state index in [2.05, 4.69) is 54.4 Å². The van der Waals surface area contributed by atoms with E-state index < -0.39 is 37.9 Å². The van der Waals surface area contributed by atoms with Crippen molar-refractivity contribution in [2.45, 2.75) is 37.8 Å². The monoisotopic (exact) mass is 710 g/mol.